The third kappa shape index (κ3) is 2.75. The number of anilines is 2. The third-order valence-corrected chi connectivity index (χ3v) is 3.95. The SMILES string of the molecule is CC1CCC(CO)(Nc2cc(F)ccc2N)CC1. The molecule has 100 valence electrons. The van der Waals surface area contributed by atoms with Crippen LogP contribution in [0.1, 0.15) is 32.6 Å². The molecule has 4 heteroatoms. The topological polar surface area (TPSA) is 58.3 Å². The maximum Gasteiger partial charge on any atom is 0.125 e. The lowest BCUT2D eigenvalue weighted by atomic mass is 9.77. The minimum atomic E-state index is -0.353. The summed E-state index contributed by atoms with van der Waals surface area (Å²) in [5.41, 5.74) is 6.58. The van der Waals surface area contributed by atoms with Crippen molar-refractivity contribution in [2.45, 2.75) is 38.1 Å². The fraction of sp³-hybridized carbons (Fsp3) is 0.571. The second kappa shape index (κ2) is 5.14. The minimum Gasteiger partial charge on any atom is -0.397 e. The van der Waals surface area contributed by atoms with Crippen molar-refractivity contribution >= 4 is 11.4 Å². The highest BCUT2D eigenvalue weighted by molar-refractivity contribution is 5.67. The second-order valence-corrected chi connectivity index (χ2v) is 5.48. The number of aliphatic hydroxyl groups excluding tert-OH is 1. The van der Waals surface area contributed by atoms with Crippen LogP contribution >= 0.6 is 0 Å². The van der Waals surface area contributed by atoms with Crippen molar-refractivity contribution < 1.29 is 9.50 Å². The van der Waals surface area contributed by atoms with E-state index in [1.165, 1.54) is 12.1 Å². The molecule has 1 aliphatic rings. The highest BCUT2D eigenvalue weighted by Crippen LogP contribution is 2.35. The molecule has 2 rings (SSSR count). The Labute approximate surface area is 107 Å². The van der Waals surface area contributed by atoms with Crippen LogP contribution in [0.4, 0.5) is 15.8 Å². The van der Waals surface area contributed by atoms with Crippen LogP contribution < -0.4 is 11.1 Å². The lowest BCUT2D eigenvalue weighted by Gasteiger charge is -2.39. The van der Waals surface area contributed by atoms with Crippen molar-refractivity contribution in [3.63, 3.8) is 0 Å². The molecule has 1 aliphatic carbocycles. The van der Waals surface area contributed by atoms with Gasteiger partial charge < -0.3 is 16.2 Å². The molecule has 3 nitrogen and oxygen atoms in total. The standard InChI is InChI=1S/C14H21FN2O/c1-10-4-6-14(9-18,7-5-10)17-13-8-11(15)2-3-12(13)16/h2-3,8,10,17-18H,4-7,9,16H2,1H3. The smallest absolute Gasteiger partial charge is 0.125 e. The van der Waals surface area contributed by atoms with Crippen molar-refractivity contribution in [2.24, 2.45) is 5.92 Å². The first-order valence-electron chi connectivity index (χ1n) is 6.49. The van der Waals surface area contributed by atoms with E-state index in [9.17, 15) is 9.50 Å². The Morgan fingerprint density at radius 3 is 2.72 bits per heavy atom. The molecule has 0 radical (unpaired) electrons. The molecule has 0 aliphatic heterocycles. The number of nitrogens with two attached hydrogens (primary N) is 1. The van der Waals surface area contributed by atoms with Crippen molar-refractivity contribution in [1.82, 2.24) is 0 Å². The van der Waals surface area contributed by atoms with Crippen LogP contribution in [0.3, 0.4) is 0 Å². The molecule has 0 aromatic heterocycles. The Kier molecular flexibility index (Phi) is 3.76. The van der Waals surface area contributed by atoms with Gasteiger partial charge in [-0.1, -0.05) is 6.92 Å². The summed E-state index contributed by atoms with van der Waals surface area (Å²) in [7, 11) is 0. The van der Waals surface area contributed by atoms with Gasteiger partial charge >= 0.3 is 0 Å². The molecule has 0 unspecified atom stereocenters. The Hall–Kier alpha value is -1.29. The van der Waals surface area contributed by atoms with Crippen LogP contribution in [0.2, 0.25) is 0 Å². The van der Waals surface area contributed by atoms with E-state index in [2.05, 4.69) is 12.2 Å². The van der Waals surface area contributed by atoms with Crippen LogP contribution in [0.5, 0.6) is 0 Å². The average Bonchev–Trinajstić information content (AvgIpc) is 2.37. The number of benzene rings is 1. The normalized spacial score (nSPS) is 28.1. The molecule has 0 saturated heterocycles. The zero-order valence-corrected chi connectivity index (χ0v) is 10.7. The molecule has 1 aromatic carbocycles. The first-order valence-corrected chi connectivity index (χ1v) is 6.49. The second-order valence-electron chi connectivity index (χ2n) is 5.48. The average molecular weight is 252 g/mol. The van der Waals surface area contributed by atoms with Crippen molar-refractivity contribution in [3.8, 4) is 0 Å². The summed E-state index contributed by atoms with van der Waals surface area (Å²) in [6, 6.07) is 4.29. The molecule has 1 saturated carbocycles. The molecule has 0 spiro atoms. The number of nitrogen functional groups attached to an aromatic ring is 1. The van der Waals surface area contributed by atoms with Crippen molar-refractivity contribution in [1.29, 1.82) is 0 Å². The van der Waals surface area contributed by atoms with Gasteiger partial charge in [-0.15, -0.1) is 0 Å². The monoisotopic (exact) mass is 252 g/mol. The first-order chi connectivity index (χ1) is 8.54. The molecular formula is C14H21FN2O. The van der Waals surface area contributed by atoms with E-state index in [-0.39, 0.29) is 18.0 Å². The largest absolute Gasteiger partial charge is 0.397 e. The molecule has 18 heavy (non-hydrogen) atoms. The van der Waals surface area contributed by atoms with E-state index in [0.29, 0.717) is 17.3 Å². The molecule has 0 amide bonds. The summed E-state index contributed by atoms with van der Waals surface area (Å²) in [4.78, 5) is 0. The fourth-order valence-corrected chi connectivity index (χ4v) is 2.56. The molecule has 4 N–H and O–H groups in total. The van der Waals surface area contributed by atoms with E-state index in [1.54, 1.807) is 6.07 Å². The van der Waals surface area contributed by atoms with Crippen LogP contribution in [-0.2, 0) is 0 Å². The van der Waals surface area contributed by atoms with E-state index >= 15 is 0 Å². The molecule has 0 heterocycles. The number of halogens is 1. The van der Waals surface area contributed by atoms with Gasteiger partial charge in [0.05, 0.1) is 23.5 Å². The van der Waals surface area contributed by atoms with Gasteiger partial charge in [0, 0.05) is 0 Å². The quantitative estimate of drug-likeness (QED) is 0.725. The predicted molar refractivity (Wildman–Crippen MR) is 71.9 cm³/mol. The Bertz CT molecular complexity index is 414. The van der Waals surface area contributed by atoms with Gasteiger partial charge in [0.2, 0.25) is 0 Å². The van der Waals surface area contributed by atoms with Crippen LogP contribution in [-0.4, -0.2) is 17.3 Å². The number of hydrogen-bond donors (Lipinski definition) is 3. The highest BCUT2D eigenvalue weighted by Gasteiger charge is 2.33. The van der Waals surface area contributed by atoms with Gasteiger partial charge in [0.25, 0.3) is 0 Å². The maximum absolute atomic E-state index is 13.2. The molecule has 1 aromatic rings. The zero-order chi connectivity index (χ0) is 13.2. The Balaban J connectivity index is 2.17. The van der Waals surface area contributed by atoms with Crippen LogP contribution in [0, 0.1) is 11.7 Å². The lowest BCUT2D eigenvalue weighted by Crippen LogP contribution is -2.45. The van der Waals surface area contributed by atoms with Gasteiger partial charge in [0.15, 0.2) is 0 Å². The van der Waals surface area contributed by atoms with Gasteiger partial charge in [-0.3, -0.25) is 0 Å². The zero-order valence-electron chi connectivity index (χ0n) is 10.7. The summed E-state index contributed by atoms with van der Waals surface area (Å²) in [6.45, 7) is 2.27. The van der Waals surface area contributed by atoms with E-state index < -0.39 is 0 Å². The summed E-state index contributed by atoms with van der Waals surface area (Å²) in [6.07, 6.45) is 3.92. The maximum atomic E-state index is 13.2. The number of aliphatic hydroxyl groups is 1. The Morgan fingerprint density at radius 1 is 1.44 bits per heavy atom. The van der Waals surface area contributed by atoms with Gasteiger partial charge in [0.1, 0.15) is 5.82 Å². The summed E-state index contributed by atoms with van der Waals surface area (Å²) < 4.78 is 13.2. The summed E-state index contributed by atoms with van der Waals surface area (Å²) >= 11 is 0. The van der Waals surface area contributed by atoms with Gasteiger partial charge in [-0.2, -0.15) is 0 Å². The van der Waals surface area contributed by atoms with Crippen molar-refractivity contribution in [2.75, 3.05) is 17.7 Å². The lowest BCUT2D eigenvalue weighted by molar-refractivity contribution is 0.155. The van der Waals surface area contributed by atoms with E-state index in [4.69, 9.17) is 5.73 Å². The van der Waals surface area contributed by atoms with Crippen molar-refractivity contribution in [3.05, 3.63) is 24.0 Å². The molecule has 0 bridgehead atoms. The van der Waals surface area contributed by atoms with Gasteiger partial charge in [-0.25, -0.2) is 4.39 Å². The number of nitrogens with one attached hydrogen (secondary N) is 1. The molecular weight excluding hydrogens is 231 g/mol. The Morgan fingerprint density at radius 2 is 2.11 bits per heavy atom. The van der Waals surface area contributed by atoms with Gasteiger partial charge in [-0.05, 0) is 49.8 Å². The first kappa shape index (κ1) is 13.1. The molecule has 1 fully saturated rings. The fourth-order valence-electron chi connectivity index (χ4n) is 2.56. The van der Waals surface area contributed by atoms with Crippen LogP contribution in [0.25, 0.3) is 0 Å². The predicted octanol–water partition coefficient (Wildman–Crippen LogP) is 2.76. The summed E-state index contributed by atoms with van der Waals surface area (Å²) in [5.74, 6) is 0.375. The number of hydrogen-bond acceptors (Lipinski definition) is 3. The van der Waals surface area contributed by atoms with Crippen LogP contribution in [0.15, 0.2) is 18.2 Å². The highest BCUT2D eigenvalue weighted by atomic mass is 19.1. The minimum absolute atomic E-state index is 0.0513. The van der Waals surface area contributed by atoms with E-state index in [0.717, 1.165) is 25.7 Å². The third-order valence-electron chi connectivity index (χ3n) is 3.95. The van der Waals surface area contributed by atoms with E-state index in [1.807, 2.05) is 0 Å². The number of rotatable bonds is 3. The summed E-state index contributed by atoms with van der Waals surface area (Å²) in [5, 5.41) is 12.9. The molecule has 0 atom stereocenters.